The summed E-state index contributed by atoms with van der Waals surface area (Å²) in [6, 6.07) is 0. The highest BCUT2D eigenvalue weighted by Crippen LogP contribution is 2.44. The fourth-order valence-corrected chi connectivity index (χ4v) is 3.14. The average Bonchev–Trinajstić information content (AvgIpc) is 2.80. The van der Waals surface area contributed by atoms with Crippen molar-refractivity contribution in [2.24, 2.45) is 0 Å². The molecule has 6 nitrogen and oxygen atoms in total. The van der Waals surface area contributed by atoms with Crippen LogP contribution < -0.4 is 0 Å². The second-order valence-electron chi connectivity index (χ2n) is 6.61. The van der Waals surface area contributed by atoms with Crippen LogP contribution in [0.2, 0.25) is 0 Å². The SMILES string of the molecule is CC(=O)OCC1=C[C@H]2OC(C)(C)O[C@H]2[C@@H]2OC(C)(C)O[C@H]12. The minimum atomic E-state index is -0.699. The van der Waals surface area contributed by atoms with Gasteiger partial charge >= 0.3 is 5.97 Å². The van der Waals surface area contributed by atoms with Gasteiger partial charge in [-0.3, -0.25) is 4.79 Å². The van der Waals surface area contributed by atoms with Gasteiger partial charge < -0.3 is 23.7 Å². The first kappa shape index (κ1) is 15.0. The molecule has 0 aromatic rings. The van der Waals surface area contributed by atoms with Gasteiger partial charge in [0.25, 0.3) is 0 Å². The molecule has 4 atom stereocenters. The summed E-state index contributed by atoms with van der Waals surface area (Å²) in [5, 5.41) is 0. The topological polar surface area (TPSA) is 63.2 Å². The third kappa shape index (κ3) is 2.85. The van der Waals surface area contributed by atoms with Crippen LogP contribution in [0.15, 0.2) is 11.6 Å². The highest BCUT2D eigenvalue weighted by Gasteiger charge is 2.56. The van der Waals surface area contributed by atoms with Gasteiger partial charge in [-0.05, 0) is 39.3 Å². The van der Waals surface area contributed by atoms with Crippen LogP contribution in [-0.2, 0) is 28.5 Å². The van der Waals surface area contributed by atoms with Crippen LogP contribution in [-0.4, -0.2) is 48.6 Å². The van der Waals surface area contributed by atoms with E-state index in [9.17, 15) is 4.79 Å². The maximum absolute atomic E-state index is 11.1. The van der Waals surface area contributed by atoms with Gasteiger partial charge in [0.2, 0.25) is 0 Å². The standard InChI is InChI=1S/C15H22O6/c1-8(16)17-7-9-6-10-12(20-14(2,3)18-10)13-11(9)19-15(4,5)21-13/h6,10-13H,7H2,1-5H3/t10-,11-,12-,13-/m1/s1. The van der Waals surface area contributed by atoms with E-state index in [-0.39, 0.29) is 37.0 Å². The highest BCUT2D eigenvalue weighted by molar-refractivity contribution is 5.66. The number of hydrogen-bond acceptors (Lipinski definition) is 6. The quantitative estimate of drug-likeness (QED) is 0.569. The van der Waals surface area contributed by atoms with Gasteiger partial charge in [-0.1, -0.05) is 0 Å². The number of esters is 1. The lowest BCUT2D eigenvalue weighted by atomic mass is 9.90. The zero-order valence-electron chi connectivity index (χ0n) is 13.0. The van der Waals surface area contributed by atoms with Crippen molar-refractivity contribution in [3.05, 3.63) is 11.6 Å². The largest absolute Gasteiger partial charge is 0.461 e. The summed E-state index contributed by atoms with van der Waals surface area (Å²) in [4.78, 5) is 11.1. The molecule has 0 radical (unpaired) electrons. The Labute approximate surface area is 124 Å². The van der Waals surface area contributed by atoms with Crippen LogP contribution in [0.3, 0.4) is 0 Å². The van der Waals surface area contributed by atoms with E-state index in [1.165, 1.54) is 6.92 Å². The molecule has 0 bridgehead atoms. The first-order valence-electron chi connectivity index (χ1n) is 7.22. The van der Waals surface area contributed by atoms with Gasteiger partial charge in [-0.2, -0.15) is 0 Å². The van der Waals surface area contributed by atoms with Gasteiger partial charge in [0, 0.05) is 6.92 Å². The molecule has 0 saturated carbocycles. The van der Waals surface area contributed by atoms with Crippen molar-refractivity contribution in [2.75, 3.05) is 6.61 Å². The summed E-state index contributed by atoms with van der Waals surface area (Å²) in [6.45, 7) is 9.05. The third-order valence-corrected chi connectivity index (χ3v) is 3.80. The van der Waals surface area contributed by atoms with E-state index >= 15 is 0 Å². The fraction of sp³-hybridized carbons (Fsp3) is 0.800. The molecule has 0 spiro atoms. The molecule has 3 rings (SSSR count). The van der Waals surface area contributed by atoms with E-state index in [2.05, 4.69) is 0 Å². The van der Waals surface area contributed by atoms with Crippen molar-refractivity contribution < 1.29 is 28.5 Å². The van der Waals surface area contributed by atoms with Crippen molar-refractivity contribution in [3.8, 4) is 0 Å². The fourth-order valence-electron chi connectivity index (χ4n) is 3.14. The number of carbonyl (C=O) groups is 1. The molecule has 2 aliphatic heterocycles. The van der Waals surface area contributed by atoms with Crippen LogP contribution in [0.1, 0.15) is 34.6 Å². The first-order chi connectivity index (χ1) is 9.67. The zero-order chi connectivity index (χ0) is 15.4. The summed E-state index contributed by atoms with van der Waals surface area (Å²) in [6.07, 6.45) is 0.964. The monoisotopic (exact) mass is 298 g/mol. The molecule has 2 heterocycles. The summed E-state index contributed by atoms with van der Waals surface area (Å²) < 4.78 is 28.9. The van der Waals surface area contributed by atoms with Crippen LogP contribution in [0.25, 0.3) is 0 Å². The van der Waals surface area contributed by atoms with Gasteiger partial charge in [0.05, 0.1) is 0 Å². The summed E-state index contributed by atoms with van der Waals surface area (Å²) in [5.74, 6) is -1.68. The number of ether oxygens (including phenoxy) is 5. The number of fused-ring (bicyclic) bond motifs is 3. The molecule has 0 N–H and O–H groups in total. The van der Waals surface area contributed by atoms with Crippen LogP contribution >= 0.6 is 0 Å². The first-order valence-corrected chi connectivity index (χ1v) is 7.22. The van der Waals surface area contributed by atoms with Crippen molar-refractivity contribution in [3.63, 3.8) is 0 Å². The molecule has 21 heavy (non-hydrogen) atoms. The smallest absolute Gasteiger partial charge is 0.302 e. The number of rotatable bonds is 2. The Balaban J connectivity index is 1.87. The van der Waals surface area contributed by atoms with Crippen LogP contribution in [0.5, 0.6) is 0 Å². The second kappa shape index (κ2) is 4.78. The van der Waals surface area contributed by atoms with Crippen LogP contribution in [0.4, 0.5) is 0 Å². The van der Waals surface area contributed by atoms with Crippen molar-refractivity contribution >= 4 is 5.97 Å². The molecule has 0 amide bonds. The van der Waals surface area contributed by atoms with Gasteiger partial charge in [0.1, 0.15) is 31.0 Å². The summed E-state index contributed by atoms with van der Waals surface area (Å²) >= 11 is 0. The molecule has 2 saturated heterocycles. The molecule has 1 aliphatic carbocycles. The third-order valence-electron chi connectivity index (χ3n) is 3.80. The normalized spacial score (nSPS) is 39.4. The summed E-state index contributed by atoms with van der Waals surface area (Å²) in [5.41, 5.74) is 0.864. The molecular formula is C15H22O6. The Morgan fingerprint density at radius 1 is 1.10 bits per heavy atom. The summed E-state index contributed by atoms with van der Waals surface area (Å²) in [7, 11) is 0. The van der Waals surface area contributed by atoms with E-state index in [0.717, 1.165) is 5.57 Å². The molecule has 3 aliphatic rings. The van der Waals surface area contributed by atoms with Gasteiger partial charge in [-0.15, -0.1) is 0 Å². The predicted octanol–water partition coefficient (Wildman–Crippen LogP) is 1.53. The lowest BCUT2D eigenvalue weighted by Crippen LogP contribution is -2.46. The Kier molecular flexibility index (Phi) is 3.40. The lowest BCUT2D eigenvalue weighted by molar-refractivity contribution is -0.175. The predicted molar refractivity (Wildman–Crippen MR) is 72.4 cm³/mol. The Hall–Kier alpha value is -0.950. The number of hydrogen-bond donors (Lipinski definition) is 0. The lowest BCUT2D eigenvalue weighted by Gasteiger charge is -2.30. The molecular weight excluding hydrogens is 276 g/mol. The number of carbonyl (C=O) groups excluding carboxylic acids is 1. The van der Waals surface area contributed by atoms with E-state index in [1.54, 1.807) is 0 Å². The maximum atomic E-state index is 11.1. The van der Waals surface area contributed by atoms with Gasteiger partial charge in [0.15, 0.2) is 11.6 Å². The Bertz CT molecular complexity index is 481. The Morgan fingerprint density at radius 2 is 1.71 bits per heavy atom. The molecule has 6 heteroatoms. The maximum Gasteiger partial charge on any atom is 0.302 e. The minimum Gasteiger partial charge on any atom is -0.461 e. The van der Waals surface area contributed by atoms with E-state index in [0.29, 0.717) is 0 Å². The molecule has 2 fully saturated rings. The molecule has 0 unspecified atom stereocenters. The zero-order valence-corrected chi connectivity index (χ0v) is 13.0. The van der Waals surface area contributed by atoms with Crippen molar-refractivity contribution in [1.82, 2.24) is 0 Å². The van der Waals surface area contributed by atoms with Crippen molar-refractivity contribution in [1.29, 1.82) is 0 Å². The van der Waals surface area contributed by atoms with Gasteiger partial charge in [-0.25, -0.2) is 0 Å². The van der Waals surface area contributed by atoms with Crippen molar-refractivity contribution in [2.45, 2.75) is 70.6 Å². The Morgan fingerprint density at radius 3 is 2.38 bits per heavy atom. The minimum absolute atomic E-state index is 0.183. The highest BCUT2D eigenvalue weighted by atomic mass is 16.8. The van der Waals surface area contributed by atoms with E-state index < -0.39 is 11.6 Å². The van der Waals surface area contributed by atoms with E-state index in [4.69, 9.17) is 23.7 Å². The second-order valence-corrected chi connectivity index (χ2v) is 6.61. The molecule has 0 aromatic carbocycles. The van der Waals surface area contributed by atoms with Crippen LogP contribution in [0, 0.1) is 0 Å². The molecule has 118 valence electrons. The van der Waals surface area contributed by atoms with E-state index in [1.807, 2.05) is 33.8 Å². The average molecular weight is 298 g/mol. The molecule has 0 aromatic heterocycles.